The zero-order chi connectivity index (χ0) is 11.8. The van der Waals surface area contributed by atoms with Crippen molar-refractivity contribution in [3.8, 4) is 0 Å². The maximum atomic E-state index is 3.61. The molecule has 2 heteroatoms. The van der Waals surface area contributed by atoms with Crippen LogP contribution >= 0.6 is 11.3 Å². The molecule has 0 aliphatic heterocycles. The summed E-state index contributed by atoms with van der Waals surface area (Å²) in [7, 11) is 0. The van der Waals surface area contributed by atoms with Crippen LogP contribution in [0.25, 0.3) is 0 Å². The topological polar surface area (TPSA) is 12.0 Å². The van der Waals surface area contributed by atoms with Crippen molar-refractivity contribution in [1.82, 2.24) is 5.32 Å². The van der Waals surface area contributed by atoms with E-state index in [-0.39, 0.29) is 0 Å². The fraction of sp³-hybridized carbons (Fsp3) is 0.714. The van der Waals surface area contributed by atoms with Gasteiger partial charge in [-0.3, -0.25) is 0 Å². The molecule has 0 aromatic carbocycles. The minimum atomic E-state index is 0.654. The van der Waals surface area contributed by atoms with E-state index in [9.17, 15) is 0 Å². The van der Waals surface area contributed by atoms with Gasteiger partial charge in [-0.25, -0.2) is 0 Å². The Hall–Kier alpha value is -0.340. The quantitative estimate of drug-likeness (QED) is 0.720. The summed E-state index contributed by atoms with van der Waals surface area (Å²) in [5.74, 6) is 0.840. The summed E-state index contributed by atoms with van der Waals surface area (Å²) in [5, 5.41) is 8.06. The number of thiophene rings is 1. The fourth-order valence-electron chi connectivity index (χ4n) is 2.32. The van der Waals surface area contributed by atoms with Crippen LogP contribution in [0.5, 0.6) is 0 Å². The van der Waals surface area contributed by atoms with Gasteiger partial charge in [0, 0.05) is 6.04 Å². The van der Waals surface area contributed by atoms with Crippen LogP contribution in [-0.4, -0.2) is 12.6 Å². The second kappa shape index (κ2) is 7.86. The van der Waals surface area contributed by atoms with E-state index >= 15 is 0 Å². The first-order valence-corrected chi connectivity index (χ1v) is 7.45. The molecule has 0 spiro atoms. The smallest absolute Gasteiger partial charge is 0.0110 e. The third-order valence-electron chi connectivity index (χ3n) is 3.02. The maximum Gasteiger partial charge on any atom is 0.0110 e. The van der Waals surface area contributed by atoms with Gasteiger partial charge in [0.15, 0.2) is 0 Å². The van der Waals surface area contributed by atoms with Crippen LogP contribution in [0.15, 0.2) is 16.8 Å². The molecule has 2 atom stereocenters. The van der Waals surface area contributed by atoms with E-state index in [1.165, 1.54) is 31.2 Å². The molecular weight excluding hydrogens is 214 g/mol. The Balaban J connectivity index is 2.40. The minimum absolute atomic E-state index is 0.654. The molecule has 0 aliphatic rings. The van der Waals surface area contributed by atoms with Gasteiger partial charge in [0.25, 0.3) is 0 Å². The molecule has 1 rings (SSSR count). The van der Waals surface area contributed by atoms with Gasteiger partial charge in [0.1, 0.15) is 0 Å². The van der Waals surface area contributed by atoms with Crippen molar-refractivity contribution in [3.63, 3.8) is 0 Å². The Morgan fingerprint density at radius 3 is 2.75 bits per heavy atom. The summed E-state index contributed by atoms with van der Waals surface area (Å²) in [6.45, 7) is 7.93. The molecule has 1 aromatic heterocycles. The Morgan fingerprint density at radius 1 is 1.38 bits per heavy atom. The van der Waals surface area contributed by atoms with Crippen LogP contribution in [0.3, 0.4) is 0 Å². The highest BCUT2D eigenvalue weighted by atomic mass is 32.1. The average Bonchev–Trinajstić information content (AvgIpc) is 2.71. The van der Waals surface area contributed by atoms with Crippen molar-refractivity contribution < 1.29 is 0 Å². The van der Waals surface area contributed by atoms with E-state index < -0.39 is 0 Å². The second-order valence-corrected chi connectivity index (χ2v) is 5.50. The van der Waals surface area contributed by atoms with Crippen LogP contribution in [-0.2, 0) is 6.42 Å². The van der Waals surface area contributed by atoms with Gasteiger partial charge in [-0.15, -0.1) is 0 Å². The van der Waals surface area contributed by atoms with E-state index in [4.69, 9.17) is 0 Å². The summed E-state index contributed by atoms with van der Waals surface area (Å²) in [6.07, 6.45) is 5.15. The molecule has 0 aliphatic carbocycles. The lowest BCUT2D eigenvalue weighted by Crippen LogP contribution is -2.32. The number of rotatable bonds is 8. The van der Waals surface area contributed by atoms with Crippen molar-refractivity contribution >= 4 is 11.3 Å². The number of likely N-dealkylation sites (N-methyl/N-ethyl adjacent to an activating group) is 1. The lowest BCUT2D eigenvalue weighted by Gasteiger charge is -2.21. The molecule has 0 fully saturated rings. The molecule has 16 heavy (non-hydrogen) atoms. The average molecular weight is 239 g/mol. The molecular formula is C14H25NS. The highest BCUT2D eigenvalue weighted by molar-refractivity contribution is 7.07. The predicted octanol–water partition coefficient (Wildman–Crippen LogP) is 4.10. The third kappa shape index (κ3) is 5.13. The molecule has 0 amide bonds. The van der Waals surface area contributed by atoms with E-state index in [0.717, 1.165) is 12.5 Å². The molecule has 0 saturated heterocycles. The maximum absolute atomic E-state index is 3.61. The van der Waals surface area contributed by atoms with E-state index in [0.29, 0.717) is 6.04 Å². The van der Waals surface area contributed by atoms with E-state index in [1.54, 1.807) is 11.3 Å². The molecule has 1 nitrogen and oxygen atoms in total. The zero-order valence-corrected chi connectivity index (χ0v) is 11.6. The molecule has 2 unspecified atom stereocenters. The molecule has 92 valence electrons. The van der Waals surface area contributed by atoms with Crippen molar-refractivity contribution in [2.45, 2.75) is 52.5 Å². The Morgan fingerprint density at radius 2 is 2.19 bits per heavy atom. The summed E-state index contributed by atoms with van der Waals surface area (Å²) < 4.78 is 0. The van der Waals surface area contributed by atoms with Crippen LogP contribution in [0.2, 0.25) is 0 Å². The molecule has 0 bridgehead atoms. The predicted molar refractivity (Wildman–Crippen MR) is 74.2 cm³/mol. The Labute approximate surface area is 104 Å². The number of nitrogens with one attached hydrogen (secondary N) is 1. The molecule has 0 saturated carbocycles. The lowest BCUT2D eigenvalue weighted by molar-refractivity contribution is 0.386. The molecule has 1 aromatic rings. The summed E-state index contributed by atoms with van der Waals surface area (Å²) in [5.41, 5.74) is 1.49. The Bertz CT molecular complexity index is 256. The Kier molecular flexibility index (Phi) is 6.74. The van der Waals surface area contributed by atoms with Gasteiger partial charge in [0.05, 0.1) is 0 Å². The van der Waals surface area contributed by atoms with Crippen LogP contribution < -0.4 is 5.32 Å². The first kappa shape index (κ1) is 13.7. The first-order chi connectivity index (χ1) is 7.76. The summed E-state index contributed by atoms with van der Waals surface area (Å²) >= 11 is 1.80. The van der Waals surface area contributed by atoms with Gasteiger partial charge >= 0.3 is 0 Å². The number of hydrogen-bond donors (Lipinski definition) is 1. The van der Waals surface area contributed by atoms with Gasteiger partial charge in [-0.05, 0) is 47.7 Å². The van der Waals surface area contributed by atoms with Crippen molar-refractivity contribution in [3.05, 3.63) is 22.4 Å². The second-order valence-electron chi connectivity index (χ2n) is 4.72. The van der Waals surface area contributed by atoms with Gasteiger partial charge in [0.2, 0.25) is 0 Å². The van der Waals surface area contributed by atoms with Crippen molar-refractivity contribution in [2.24, 2.45) is 5.92 Å². The summed E-state index contributed by atoms with van der Waals surface area (Å²) in [4.78, 5) is 0. The SMILES string of the molecule is CCCC(C)CC(Cc1ccsc1)NCC. The normalized spacial score (nSPS) is 14.9. The molecule has 1 heterocycles. The first-order valence-electron chi connectivity index (χ1n) is 6.50. The highest BCUT2D eigenvalue weighted by Gasteiger charge is 2.12. The summed E-state index contributed by atoms with van der Waals surface area (Å²) in [6, 6.07) is 2.90. The third-order valence-corrected chi connectivity index (χ3v) is 3.76. The minimum Gasteiger partial charge on any atom is -0.314 e. The van der Waals surface area contributed by atoms with Gasteiger partial charge in [-0.1, -0.05) is 33.6 Å². The zero-order valence-electron chi connectivity index (χ0n) is 10.8. The largest absolute Gasteiger partial charge is 0.314 e. The van der Waals surface area contributed by atoms with Gasteiger partial charge in [-0.2, -0.15) is 11.3 Å². The molecule has 1 N–H and O–H groups in total. The van der Waals surface area contributed by atoms with E-state index in [1.807, 2.05) is 0 Å². The van der Waals surface area contributed by atoms with Gasteiger partial charge < -0.3 is 5.32 Å². The lowest BCUT2D eigenvalue weighted by atomic mass is 9.94. The number of hydrogen-bond acceptors (Lipinski definition) is 2. The van der Waals surface area contributed by atoms with Crippen LogP contribution in [0, 0.1) is 5.92 Å². The van der Waals surface area contributed by atoms with E-state index in [2.05, 4.69) is 42.9 Å². The van der Waals surface area contributed by atoms with Crippen molar-refractivity contribution in [1.29, 1.82) is 0 Å². The van der Waals surface area contributed by atoms with Crippen LogP contribution in [0.1, 0.15) is 45.6 Å². The fourth-order valence-corrected chi connectivity index (χ4v) is 3.00. The van der Waals surface area contributed by atoms with Crippen molar-refractivity contribution in [2.75, 3.05) is 6.54 Å². The monoisotopic (exact) mass is 239 g/mol. The molecule has 0 radical (unpaired) electrons. The van der Waals surface area contributed by atoms with Crippen LogP contribution in [0.4, 0.5) is 0 Å². The standard InChI is InChI=1S/C14H25NS/c1-4-6-12(3)9-14(15-5-2)10-13-7-8-16-11-13/h7-8,11-12,14-15H,4-6,9-10H2,1-3H3. The highest BCUT2D eigenvalue weighted by Crippen LogP contribution is 2.17.